The molecule has 0 saturated heterocycles. The molecule has 13 heavy (non-hydrogen) atoms. The zero-order chi connectivity index (χ0) is 9.84. The van der Waals surface area contributed by atoms with Crippen molar-refractivity contribution < 1.29 is 4.39 Å². The van der Waals surface area contributed by atoms with E-state index in [1.54, 1.807) is 13.0 Å². The van der Waals surface area contributed by atoms with Crippen molar-refractivity contribution >= 4 is 15.9 Å². The SMILES string of the molecule is Cc1ccc(CCCN)c(Br)c1F. The third-order valence-electron chi connectivity index (χ3n) is 2.01. The zero-order valence-electron chi connectivity index (χ0n) is 7.61. The minimum Gasteiger partial charge on any atom is -0.330 e. The second-order valence-corrected chi connectivity index (χ2v) is 3.85. The smallest absolute Gasteiger partial charge is 0.140 e. The Morgan fingerprint density at radius 3 is 2.77 bits per heavy atom. The van der Waals surface area contributed by atoms with Gasteiger partial charge in [0.05, 0.1) is 4.47 Å². The predicted molar refractivity (Wildman–Crippen MR) is 56.2 cm³/mol. The molecule has 0 amide bonds. The van der Waals surface area contributed by atoms with Crippen LogP contribution in [0, 0.1) is 12.7 Å². The van der Waals surface area contributed by atoms with E-state index >= 15 is 0 Å². The normalized spacial score (nSPS) is 10.5. The fourth-order valence-electron chi connectivity index (χ4n) is 1.17. The molecule has 0 radical (unpaired) electrons. The Kier molecular flexibility index (Phi) is 3.88. The summed E-state index contributed by atoms with van der Waals surface area (Å²) in [5, 5.41) is 0. The molecule has 3 heteroatoms. The molecule has 0 heterocycles. The standard InChI is InChI=1S/C10H13BrFN/c1-7-4-5-8(3-2-6-13)9(11)10(7)12/h4-5H,2-3,6,13H2,1H3. The van der Waals surface area contributed by atoms with E-state index in [4.69, 9.17) is 5.73 Å². The molecule has 1 rings (SSSR count). The average Bonchev–Trinajstić information content (AvgIpc) is 2.13. The molecule has 1 aromatic rings. The summed E-state index contributed by atoms with van der Waals surface area (Å²) < 4.78 is 13.9. The first-order valence-electron chi connectivity index (χ1n) is 4.30. The summed E-state index contributed by atoms with van der Waals surface area (Å²) in [6, 6.07) is 3.74. The van der Waals surface area contributed by atoms with Crippen LogP contribution in [-0.2, 0) is 6.42 Å². The predicted octanol–water partition coefficient (Wildman–Crippen LogP) is 2.79. The van der Waals surface area contributed by atoms with E-state index in [1.165, 1.54) is 0 Å². The summed E-state index contributed by atoms with van der Waals surface area (Å²) in [5.41, 5.74) is 7.05. The van der Waals surface area contributed by atoms with Crippen LogP contribution in [0.2, 0.25) is 0 Å². The molecule has 2 N–H and O–H groups in total. The molecule has 0 aliphatic rings. The lowest BCUT2D eigenvalue weighted by Crippen LogP contribution is -2.01. The summed E-state index contributed by atoms with van der Waals surface area (Å²) in [6.45, 7) is 2.40. The summed E-state index contributed by atoms with van der Waals surface area (Å²) >= 11 is 3.25. The van der Waals surface area contributed by atoms with Crippen LogP contribution in [0.1, 0.15) is 17.5 Å². The van der Waals surface area contributed by atoms with E-state index in [0.717, 1.165) is 18.4 Å². The number of rotatable bonds is 3. The topological polar surface area (TPSA) is 26.0 Å². The Morgan fingerprint density at radius 2 is 2.15 bits per heavy atom. The van der Waals surface area contributed by atoms with Crippen molar-refractivity contribution in [1.29, 1.82) is 0 Å². The third kappa shape index (κ3) is 2.51. The van der Waals surface area contributed by atoms with Gasteiger partial charge < -0.3 is 5.73 Å². The highest BCUT2D eigenvalue weighted by atomic mass is 79.9. The summed E-state index contributed by atoms with van der Waals surface area (Å²) in [6.07, 6.45) is 1.72. The molecule has 0 spiro atoms. The van der Waals surface area contributed by atoms with Crippen LogP contribution in [0.5, 0.6) is 0 Å². The van der Waals surface area contributed by atoms with Gasteiger partial charge in [-0.15, -0.1) is 0 Å². The monoisotopic (exact) mass is 245 g/mol. The Hall–Kier alpha value is -0.410. The minimum atomic E-state index is -0.158. The van der Waals surface area contributed by atoms with Gasteiger partial charge in [0, 0.05) is 0 Å². The third-order valence-corrected chi connectivity index (χ3v) is 2.86. The first-order valence-corrected chi connectivity index (χ1v) is 5.09. The highest BCUT2D eigenvalue weighted by Gasteiger charge is 2.07. The number of benzene rings is 1. The number of hydrogen-bond acceptors (Lipinski definition) is 1. The fourth-order valence-corrected chi connectivity index (χ4v) is 1.81. The zero-order valence-corrected chi connectivity index (χ0v) is 9.20. The van der Waals surface area contributed by atoms with Gasteiger partial charge in [-0.25, -0.2) is 4.39 Å². The molecule has 72 valence electrons. The fraction of sp³-hybridized carbons (Fsp3) is 0.400. The van der Waals surface area contributed by atoms with Gasteiger partial charge in [0.25, 0.3) is 0 Å². The molecule has 0 atom stereocenters. The Morgan fingerprint density at radius 1 is 1.46 bits per heavy atom. The maximum Gasteiger partial charge on any atom is 0.140 e. The highest BCUT2D eigenvalue weighted by molar-refractivity contribution is 9.10. The summed E-state index contributed by atoms with van der Waals surface area (Å²) in [5.74, 6) is -0.158. The first kappa shape index (κ1) is 10.7. The van der Waals surface area contributed by atoms with Crippen LogP contribution in [0.15, 0.2) is 16.6 Å². The maximum atomic E-state index is 13.3. The van der Waals surface area contributed by atoms with Gasteiger partial charge >= 0.3 is 0 Å². The molecule has 0 aromatic heterocycles. The van der Waals surface area contributed by atoms with Crippen molar-refractivity contribution in [3.63, 3.8) is 0 Å². The van der Waals surface area contributed by atoms with E-state index in [1.807, 2.05) is 6.07 Å². The summed E-state index contributed by atoms with van der Waals surface area (Å²) in [7, 11) is 0. The first-order chi connectivity index (χ1) is 6.16. The molecule has 1 aromatic carbocycles. The van der Waals surface area contributed by atoms with Crippen molar-refractivity contribution in [3.05, 3.63) is 33.5 Å². The van der Waals surface area contributed by atoms with Crippen LogP contribution in [-0.4, -0.2) is 6.54 Å². The van der Waals surface area contributed by atoms with Crippen LogP contribution in [0.25, 0.3) is 0 Å². The van der Waals surface area contributed by atoms with Crippen LogP contribution < -0.4 is 5.73 Å². The lowest BCUT2D eigenvalue weighted by molar-refractivity contribution is 0.608. The molecule has 0 fully saturated rings. The van der Waals surface area contributed by atoms with E-state index in [-0.39, 0.29) is 5.82 Å². The van der Waals surface area contributed by atoms with Gasteiger partial charge in [-0.05, 0) is 53.4 Å². The van der Waals surface area contributed by atoms with Crippen LogP contribution >= 0.6 is 15.9 Å². The van der Waals surface area contributed by atoms with E-state index in [2.05, 4.69) is 15.9 Å². The Balaban J connectivity index is 2.90. The molecule has 0 aliphatic heterocycles. The molecule has 0 aliphatic carbocycles. The molecular weight excluding hydrogens is 233 g/mol. The average molecular weight is 246 g/mol. The number of nitrogens with two attached hydrogens (primary N) is 1. The van der Waals surface area contributed by atoms with Gasteiger partial charge in [-0.3, -0.25) is 0 Å². The largest absolute Gasteiger partial charge is 0.330 e. The van der Waals surface area contributed by atoms with Gasteiger partial charge in [0.15, 0.2) is 0 Å². The number of halogens is 2. The lowest BCUT2D eigenvalue weighted by atomic mass is 10.1. The Labute approximate surface area is 86.3 Å². The van der Waals surface area contributed by atoms with Gasteiger partial charge in [0.1, 0.15) is 5.82 Å². The van der Waals surface area contributed by atoms with E-state index < -0.39 is 0 Å². The van der Waals surface area contributed by atoms with Gasteiger partial charge in [0.2, 0.25) is 0 Å². The van der Waals surface area contributed by atoms with Crippen molar-refractivity contribution in [1.82, 2.24) is 0 Å². The van der Waals surface area contributed by atoms with Gasteiger partial charge in [-0.2, -0.15) is 0 Å². The minimum absolute atomic E-state index is 0.158. The quantitative estimate of drug-likeness (QED) is 0.871. The molecule has 1 nitrogen and oxygen atoms in total. The molecule has 0 unspecified atom stereocenters. The van der Waals surface area contributed by atoms with Crippen LogP contribution in [0.4, 0.5) is 4.39 Å². The Bertz CT molecular complexity index is 299. The lowest BCUT2D eigenvalue weighted by Gasteiger charge is -2.06. The van der Waals surface area contributed by atoms with Crippen molar-refractivity contribution in [2.45, 2.75) is 19.8 Å². The van der Waals surface area contributed by atoms with Gasteiger partial charge in [-0.1, -0.05) is 12.1 Å². The number of aryl methyl sites for hydroxylation is 2. The summed E-state index contributed by atoms with van der Waals surface area (Å²) in [4.78, 5) is 0. The number of hydrogen-bond donors (Lipinski definition) is 1. The molecular formula is C10H13BrFN. The second-order valence-electron chi connectivity index (χ2n) is 3.06. The highest BCUT2D eigenvalue weighted by Crippen LogP contribution is 2.24. The second kappa shape index (κ2) is 4.72. The van der Waals surface area contributed by atoms with E-state index in [9.17, 15) is 4.39 Å². The maximum absolute atomic E-state index is 13.3. The molecule has 0 bridgehead atoms. The van der Waals surface area contributed by atoms with Crippen molar-refractivity contribution in [2.75, 3.05) is 6.54 Å². The van der Waals surface area contributed by atoms with Crippen LogP contribution in [0.3, 0.4) is 0 Å². The molecule has 0 saturated carbocycles. The van der Waals surface area contributed by atoms with E-state index in [0.29, 0.717) is 16.6 Å². The van der Waals surface area contributed by atoms with Crippen molar-refractivity contribution in [2.24, 2.45) is 5.73 Å². The van der Waals surface area contributed by atoms with Crippen molar-refractivity contribution in [3.8, 4) is 0 Å².